The molecule has 3 aromatic rings. The number of non-ortho nitro benzene ring substituents is 1. The second-order valence-corrected chi connectivity index (χ2v) is 5.88. The molecule has 0 bridgehead atoms. The molecule has 0 aliphatic carbocycles. The molecule has 130 valence electrons. The van der Waals surface area contributed by atoms with Gasteiger partial charge >= 0.3 is 0 Å². The van der Waals surface area contributed by atoms with Gasteiger partial charge in [-0.2, -0.15) is 5.10 Å². The lowest BCUT2D eigenvalue weighted by Gasteiger charge is -2.04. The monoisotopic (exact) mass is 368 g/mol. The van der Waals surface area contributed by atoms with Crippen molar-refractivity contribution < 1.29 is 9.72 Å². The number of nitro benzene ring substituents is 1. The van der Waals surface area contributed by atoms with Crippen LogP contribution in [0.5, 0.6) is 0 Å². The van der Waals surface area contributed by atoms with Crippen LogP contribution in [0.1, 0.15) is 21.5 Å². The van der Waals surface area contributed by atoms with Crippen LogP contribution >= 0.6 is 11.6 Å². The van der Waals surface area contributed by atoms with E-state index in [1.807, 2.05) is 31.2 Å². The van der Waals surface area contributed by atoms with Crippen LogP contribution in [-0.4, -0.2) is 22.0 Å². The fourth-order valence-corrected chi connectivity index (χ4v) is 2.58. The average Bonchev–Trinajstić information content (AvgIpc) is 2.63. The number of halogens is 1. The molecule has 1 aromatic heterocycles. The average molecular weight is 369 g/mol. The van der Waals surface area contributed by atoms with Crippen LogP contribution in [0.2, 0.25) is 5.15 Å². The first kappa shape index (κ1) is 17.5. The van der Waals surface area contributed by atoms with E-state index in [9.17, 15) is 14.9 Å². The van der Waals surface area contributed by atoms with Gasteiger partial charge in [-0.05, 0) is 30.7 Å². The van der Waals surface area contributed by atoms with Crippen LogP contribution in [0.15, 0.2) is 53.6 Å². The van der Waals surface area contributed by atoms with Gasteiger partial charge in [-0.15, -0.1) is 0 Å². The normalized spacial score (nSPS) is 11.0. The molecule has 8 heteroatoms. The maximum atomic E-state index is 12.0. The molecule has 0 spiro atoms. The molecule has 0 saturated heterocycles. The molecule has 0 fully saturated rings. The minimum Gasteiger partial charge on any atom is -0.267 e. The zero-order valence-electron chi connectivity index (χ0n) is 13.6. The Labute approximate surface area is 153 Å². The summed E-state index contributed by atoms with van der Waals surface area (Å²) in [7, 11) is 0. The number of hydrogen-bond donors (Lipinski definition) is 1. The van der Waals surface area contributed by atoms with Crippen LogP contribution in [0.25, 0.3) is 10.9 Å². The third kappa shape index (κ3) is 3.68. The topological polar surface area (TPSA) is 97.5 Å². The van der Waals surface area contributed by atoms with Crippen LogP contribution in [0.3, 0.4) is 0 Å². The Kier molecular flexibility index (Phi) is 4.90. The maximum absolute atomic E-state index is 12.0. The number of aryl methyl sites for hydroxylation is 1. The van der Waals surface area contributed by atoms with Gasteiger partial charge in [0.1, 0.15) is 5.15 Å². The number of nitro groups is 1. The van der Waals surface area contributed by atoms with Crippen molar-refractivity contribution in [2.24, 2.45) is 5.10 Å². The molecular weight excluding hydrogens is 356 g/mol. The van der Waals surface area contributed by atoms with E-state index in [0.717, 1.165) is 16.5 Å². The number of hydrazone groups is 1. The molecule has 3 rings (SSSR count). The number of nitrogens with zero attached hydrogens (tertiary/aromatic N) is 3. The molecule has 1 amide bonds. The highest BCUT2D eigenvalue weighted by Gasteiger charge is 2.09. The van der Waals surface area contributed by atoms with Crippen molar-refractivity contribution in [2.45, 2.75) is 6.92 Å². The van der Waals surface area contributed by atoms with Crippen molar-refractivity contribution in [3.05, 3.63) is 80.5 Å². The third-order valence-electron chi connectivity index (χ3n) is 3.74. The molecule has 0 unspecified atom stereocenters. The molecule has 0 radical (unpaired) electrons. The predicted octanol–water partition coefficient (Wildman–Crippen LogP) is 3.87. The van der Waals surface area contributed by atoms with Crippen molar-refractivity contribution in [3.8, 4) is 0 Å². The van der Waals surface area contributed by atoms with Crippen LogP contribution in [0.4, 0.5) is 5.69 Å². The van der Waals surface area contributed by atoms with Gasteiger partial charge in [0.15, 0.2) is 0 Å². The summed E-state index contributed by atoms with van der Waals surface area (Å²) in [5, 5.41) is 15.7. The summed E-state index contributed by atoms with van der Waals surface area (Å²) in [6, 6.07) is 12.8. The van der Waals surface area contributed by atoms with Gasteiger partial charge in [0.25, 0.3) is 11.6 Å². The number of carbonyl (C=O) groups is 1. The highest BCUT2D eigenvalue weighted by Crippen LogP contribution is 2.21. The van der Waals surface area contributed by atoms with Crippen molar-refractivity contribution in [1.29, 1.82) is 0 Å². The van der Waals surface area contributed by atoms with Crippen molar-refractivity contribution in [1.82, 2.24) is 10.4 Å². The molecule has 0 atom stereocenters. The van der Waals surface area contributed by atoms with E-state index in [1.165, 1.54) is 30.5 Å². The van der Waals surface area contributed by atoms with E-state index in [1.54, 1.807) is 0 Å². The van der Waals surface area contributed by atoms with Gasteiger partial charge in [-0.1, -0.05) is 29.8 Å². The Morgan fingerprint density at radius 1 is 1.27 bits per heavy atom. The second kappa shape index (κ2) is 7.28. The number of amides is 1. The van der Waals surface area contributed by atoms with Gasteiger partial charge in [0, 0.05) is 28.6 Å². The van der Waals surface area contributed by atoms with Gasteiger partial charge in [0.2, 0.25) is 0 Å². The maximum Gasteiger partial charge on any atom is 0.271 e. The van der Waals surface area contributed by atoms with Crippen molar-refractivity contribution >= 4 is 40.3 Å². The lowest BCUT2D eigenvalue weighted by Crippen LogP contribution is -2.17. The predicted molar refractivity (Wildman–Crippen MR) is 99.6 cm³/mol. The summed E-state index contributed by atoms with van der Waals surface area (Å²) in [5.74, 6) is -0.489. The van der Waals surface area contributed by atoms with E-state index in [2.05, 4.69) is 15.5 Å². The van der Waals surface area contributed by atoms with Crippen LogP contribution in [0, 0.1) is 17.0 Å². The Morgan fingerprint density at radius 3 is 2.69 bits per heavy atom. The van der Waals surface area contributed by atoms with Crippen LogP contribution in [-0.2, 0) is 0 Å². The minimum absolute atomic E-state index is 0.0886. The number of rotatable bonds is 4. The van der Waals surface area contributed by atoms with E-state index >= 15 is 0 Å². The smallest absolute Gasteiger partial charge is 0.267 e. The first-order valence-corrected chi connectivity index (χ1v) is 7.97. The first-order chi connectivity index (χ1) is 12.5. The fraction of sp³-hybridized carbons (Fsp3) is 0.0556. The molecule has 0 aliphatic heterocycles. The lowest BCUT2D eigenvalue weighted by molar-refractivity contribution is -0.384. The number of para-hydroxylation sites is 1. The van der Waals surface area contributed by atoms with Crippen molar-refractivity contribution in [2.75, 3.05) is 0 Å². The summed E-state index contributed by atoms with van der Waals surface area (Å²) >= 11 is 6.18. The number of hydrogen-bond acceptors (Lipinski definition) is 5. The SMILES string of the molecule is Cc1cccc2cc(/C=N\NC(=O)c3ccc([N+](=O)[O-])cc3)c(Cl)nc12. The summed E-state index contributed by atoms with van der Waals surface area (Å²) in [5.41, 5.74) is 4.91. The van der Waals surface area contributed by atoms with Gasteiger partial charge in [-0.25, -0.2) is 10.4 Å². The molecule has 2 aromatic carbocycles. The Balaban J connectivity index is 1.75. The molecule has 0 aliphatic rings. The van der Waals surface area contributed by atoms with Gasteiger partial charge < -0.3 is 0 Å². The highest BCUT2D eigenvalue weighted by atomic mass is 35.5. The molecule has 1 N–H and O–H groups in total. The molecule has 1 heterocycles. The van der Waals surface area contributed by atoms with E-state index < -0.39 is 10.8 Å². The second-order valence-electron chi connectivity index (χ2n) is 5.52. The Morgan fingerprint density at radius 2 is 2.00 bits per heavy atom. The van der Waals surface area contributed by atoms with Crippen LogP contribution < -0.4 is 5.43 Å². The number of pyridine rings is 1. The van der Waals surface area contributed by atoms with E-state index in [0.29, 0.717) is 5.56 Å². The first-order valence-electron chi connectivity index (χ1n) is 7.59. The number of benzene rings is 2. The minimum atomic E-state index is -0.531. The zero-order valence-corrected chi connectivity index (χ0v) is 14.4. The van der Waals surface area contributed by atoms with E-state index in [-0.39, 0.29) is 16.4 Å². The molecule has 0 saturated carbocycles. The summed E-state index contributed by atoms with van der Waals surface area (Å²) in [4.78, 5) is 26.5. The Hall–Kier alpha value is -3.32. The quantitative estimate of drug-likeness (QED) is 0.327. The number of carbonyl (C=O) groups excluding carboxylic acids is 1. The van der Waals surface area contributed by atoms with Crippen molar-refractivity contribution in [3.63, 3.8) is 0 Å². The highest BCUT2D eigenvalue weighted by molar-refractivity contribution is 6.32. The third-order valence-corrected chi connectivity index (χ3v) is 4.04. The molecular formula is C18H13ClN4O3. The Bertz CT molecular complexity index is 1030. The lowest BCUT2D eigenvalue weighted by atomic mass is 10.1. The number of aromatic nitrogens is 1. The zero-order chi connectivity index (χ0) is 18.7. The molecule has 7 nitrogen and oxygen atoms in total. The van der Waals surface area contributed by atoms with Gasteiger partial charge in [0.05, 0.1) is 16.7 Å². The van der Waals surface area contributed by atoms with E-state index in [4.69, 9.17) is 11.6 Å². The summed E-state index contributed by atoms with van der Waals surface area (Å²) < 4.78 is 0. The summed E-state index contributed by atoms with van der Waals surface area (Å²) in [6.45, 7) is 1.95. The number of nitrogens with one attached hydrogen (secondary N) is 1. The standard InChI is InChI=1S/C18H13ClN4O3/c1-11-3-2-4-13-9-14(17(19)21-16(11)13)10-20-22-18(24)12-5-7-15(8-6-12)23(25)26/h2-10H,1H3,(H,22,24)/b20-10-. The summed E-state index contributed by atoms with van der Waals surface area (Å²) in [6.07, 6.45) is 1.40. The largest absolute Gasteiger partial charge is 0.271 e. The number of fused-ring (bicyclic) bond motifs is 1. The molecule has 26 heavy (non-hydrogen) atoms. The fourth-order valence-electron chi connectivity index (χ4n) is 2.39. The van der Waals surface area contributed by atoms with Gasteiger partial charge in [-0.3, -0.25) is 14.9 Å².